The average Bonchev–Trinajstić information content (AvgIpc) is 2.49. The largest absolute Gasteiger partial charge is 0.493 e. The van der Waals surface area contributed by atoms with Crippen LogP contribution >= 0.6 is 0 Å². The van der Waals surface area contributed by atoms with Gasteiger partial charge in [0.1, 0.15) is 0 Å². The van der Waals surface area contributed by atoms with E-state index in [-0.39, 0.29) is 17.4 Å². The number of halogens is 2. The van der Waals surface area contributed by atoms with E-state index in [2.05, 4.69) is 10.1 Å². The van der Waals surface area contributed by atoms with Gasteiger partial charge in [0.15, 0.2) is 11.5 Å². The maximum atomic E-state index is 12.4. The van der Waals surface area contributed by atoms with Crippen molar-refractivity contribution in [3.05, 3.63) is 53.1 Å². The molecule has 1 N–H and O–H groups in total. The summed E-state index contributed by atoms with van der Waals surface area (Å²) in [4.78, 5) is 12.2. The van der Waals surface area contributed by atoms with Crippen molar-refractivity contribution in [3.63, 3.8) is 0 Å². The minimum atomic E-state index is -2.98. The first kappa shape index (κ1) is 16.7. The number of nitrogens with one attached hydrogen (secondary N) is 1. The van der Waals surface area contributed by atoms with E-state index in [1.807, 2.05) is 19.9 Å². The van der Waals surface area contributed by atoms with Gasteiger partial charge >= 0.3 is 6.61 Å². The fourth-order valence-corrected chi connectivity index (χ4v) is 2.03. The second-order valence-corrected chi connectivity index (χ2v) is 5.00. The maximum absolute atomic E-state index is 12.4. The third-order valence-corrected chi connectivity index (χ3v) is 3.41. The van der Waals surface area contributed by atoms with Gasteiger partial charge in [-0.15, -0.1) is 0 Å². The fraction of sp³-hybridized carbons (Fsp3) is 0.235. The van der Waals surface area contributed by atoms with Crippen LogP contribution in [-0.2, 0) is 0 Å². The van der Waals surface area contributed by atoms with Gasteiger partial charge in [0, 0.05) is 17.3 Å². The third-order valence-electron chi connectivity index (χ3n) is 3.41. The summed E-state index contributed by atoms with van der Waals surface area (Å²) in [5, 5.41) is 2.65. The molecule has 0 aromatic heterocycles. The molecule has 6 heteroatoms. The second-order valence-electron chi connectivity index (χ2n) is 5.00. The second kappa shape index (κ2) is 7.09. The monoisotopic (exact) mass is 321 g/mol. The van der Waals surface area contributed by atoms with E-state index in [9.17, 15) is 13.6 Å². The van der Waals surface area contributed by atoms with Crippen LogP contribution in [0.25, 0.3) is 0 Å². The molecule has 0 aliphatic carbocycles. The van der Waals surface area contributed by atoms with Crippen LogP contribution in [0.4, 0.5) is 14.5 Å². The van der Waals surface area contributed by atoms with Crippen LogP contribution in [0.3, 0.4) is 0 Å². The molecule has 0 aliphatic heterocycles. The predicted octanol–water partition coefficient (Wildman–Crippen LogP) is 4.17. The zero-order valence-corrected chi connectivity index (χ0v) is 13.0. The lowest BCUT2D eigenvalue weighted by atomic mass is 10.1. The molecule has 2 rings (SSSR count). The molecule has 2 aromatic rings. The quantitative estimate of drug-likeness (QED) is 0.899. The number of methoxy groups -OCH3 is 1. The molecule has 1 amide bonds. The highest BCUT2D eigenvalue weighted by atomic mass is 19.3. The summed E-state index contributed by atoms with van der Waals surface area (Å²) in [6, 6.07) is 9.62. The van der Waals surface area contributed by atoms with Crippen LogP contribution in [0.1, 0.15) is 21.5 Å². The number of ether oxygens (including phenoxy) is 2. The molecule has 0 saturated heterocycles. The molecule has 122 valence electrons. The van der Waals surface area contributed by atoms with Crippen molar-refractivity contribution in [1.29, 1.82) is 0 Å². The van der Waals surface area contributed by atoms with E-state index in [1.165, 1.54) is 19.2 Å². The molecule has 0 atom stereocenters. The van der Waals surface area contributed by atoms with Gasteiger partial charge in [-0.25, -0.2) is 0 Å². The minimum Gasteiger partial charge on any atom is -0.493 e. The van der Waals surface area contributed by atoms with E-state index in [1.54, 1.807) is 18.2 Å². The topological polar surface area (TPSA) is 47.6 Å². The van der Waals surface area contributed by atoms with Crippen molar-refractivity contribution in [2.45, 2.75) is 20.5 Å². The van der Waals surface area contributed by atoms with E-state index in [0.29, 0.717) is 11.3 Å². The van der Waals surface area contributed by atoms with Crippen molar-refractivity contribution in [2.75, 3.05) is 12.4 Å². The summed E-state index contributed by atoms with van der Waals surface area (Å²) in [7, 11) is 1.35. The first-order valence-electron chi connectivity index (χ1n) is 6.92. The summed E-state index contributed by atoms with van der Waals surface area (Å²) in [5.74, 6) is -0.309. The number of rotatable bonds is 5. The number of amides is 1. The number of hydrogen-bond donors (Lipinski definition) is 1. The SMILES string of the molecule is COc1ccc(NC(=O)c2ccc(C)c(C)c2)cc1OC(F)F. The molecule has 0 fully saturated rings. The summed E-state index contributed by atoms with van der Waals surface area (Å²) >= 11 is 0. The third kappa shape index (κ3) is 4.18. The number of carbonyl (C=O) groups excluding carboxylic acids is 1. The summed E-state index contributed by atoms with van der Waals surface area (Å²) in [6.07, 6.45) is 0. The summed E-state index contributed by atoms with van der Waals surface area (Å²) < 4.78 is 34.2. The van der Waals surface area contributed by atoms with Gasteiger partial charge in [-0.2, -0.15) is 8.78 Å². The van der Waals surface area contributed by atoms with E-state index in [4.69, 9.17) is 4.74 Å². The zero-order chi connectivity index (χ0) is 17.0. The lowest BCUT2D eigenvalue weighted by Gasteiger charge is -2.12. The lowest BCUT2D eigenvalue weighted by Crippen LogP contribution is -2.12. The van der Waals surface area contributed by atoms with Gasteiger partial charge in [-0.1, -0.05) is 6.07 Å². The van der Waals surface area contributed by atoms with Gasteiger partial charge in [0.25, 0.3) is 5.91 Å². The smallest absolute Gasteiger partial charge is 0.387 e. The van der Waals surface area contributed by atoms with Crippen LogP contribution in [0.5, 0.6) is 11.5 Å². The summed E-state index contributed by atoms with van der Waals surface area (Å²) in [6.45, 7) is 0.886. The fourth-order valence-electron chi connectivity index (χ4n) is 2.03. The zero-order valence-electron chi connectivity index (χ0n) is 13.0. The Morgan fingerprint density at radius 1 is 1.04 bits per heavy atom. The lowest BCUT2D eigenvalue weighted by molar-refractivity contribution is -0.0511. The van der Waals surface area contributed by atoms with Crippen molar-refractivity contribution >= 4 is 11.6 Å². The Balaban J connectivity index is 2.21. The van der Waals surface area contributed by atoms with Crippen molar-refractivity contribution < 1.29 is 23.0 Å². The van der Waals surface area contributed by atoms with Gasteiger partial charge in [0.2, 0.25) is 0 Å². The highest BCUT2D eigenvalue weighted by Crippen LogP contribution is 2.31. The number of alkyl halides is 2. The molecule has 0 spiro atoms. The van der Waals surface area contributed by atoms with Crippen LogP contribution in [0, 0.1) is 13.8 Å². The predicted molar refractivity (Wildman–Crippen MR) is 83.5 cm³/mol. The molecule has 0 radical (unpaired) electrons. The van der Waals surface area contributed by atoms with Gasteiger partial charge in [0.05, 0.1) is 7.11 Å². The van der Waals surface area contributed by atoms with Crippen molar-refractivity contribution in [3.8, 4) is 11.5 Å². The molecule has 0 unspecified atom stereocenters. The summed E-state index contributed by atoms with van der Waals surface area (Å²) in [5.41, 5.74) is 2.90. The van der Waals surface area contributed by atoms with E-state index < -0.39 is 6.61 Å². The molecule has 4 nitrogen and oxygen atoms in total. The number of hydrogen-bond acceptors (Lipinski definition) is 3. The molecular weight excluding hydrogens is 304 g/mol. The molecule has 0 bridgehead atoms. The Morgan fingerprint density at radius 3 is 2.39 bits per heavy atom. The highest BCUT2D eigenvalue weighted by molar-refractivity contribution is 6.04. The molecule has 23 heavy (non-hydrogen) atoms. The van der Waals surface area contributed by atoms with E-state index >= 15 is 0 Å². The van der Waals surface area contributed by atoms with Crippen LogP contribution in [0.15, 0.2) is 36.4 Å². The molecule has 2 aromatic carbocycles. The average molecular weight is 321 g/mol. The van der Waals surface area contributed by atoms with Crippen LogP contribution in [-0.4, -0.2) is 19.6 Å². The number of anilines is 1. The van der Waals surface area contributed by atoms with Gasteiger partial charge in [-0.3, -0.25) is 4.79 Å². The Morgan fingerprint density at radius 2 is 1.78 bits per heavy atom. The first-order chi connectivity index (χ1) is 10.9. The molecular formula is C17H17F2NO3. The Bertz CT molecular complexity index is 717. The van der Waals surface area contributed by atoms with Gasteiger partial charge < -0.3 is 14.8 Å². The Kier molecular flexibility index (Phi) is 5.16. The standard InChI is InChI=1S/C17H17F2NO3/c1-10-4-5-12(8-11(10)2)16(21)20-13-6-7-14(22-3)15(9-13)23-17(18)19/h4-9,17H,1-3H3,(H,20,21). The maximum Gasteiger partial charge on any atom is 0.387 e. The molecule has 0 heterocycles. The minimum absolute atomic E-state index is 0.139. The number of carbonyl (C=O) groups is 1. The highest BCUT2D eigenvalue weighted by Gasteiger charge is 2.13. The Hall–Kier alpha value is -2.63. The van der Waals surface area contributed by atoms with Crippen molar-refractivity contribution in [1.82, 2.24) is 0 Å². The molecule has 0 saturated carbocycles. The first-order valence-corrected chi connectivity index (χ1v) is 6.92. The van der Waals surface area contributed by atoms with Crippen LogP contribution in [0.2, 0.25) is 0 Å². The van der Waals surface area contributed by atoms with E-state index in [0.717, 1.165) is 11.1 Å². The number of benzene rings is 2. The Labute approximate surface area is 133 Å². The number of aryl methyl sites for hydroxylation is 2. The van der Waals surface area contributed by atoms with Crippen LogP contribution < -0.4 is 14.8 Å². The normalized spacial score (nSPS) is 10.5. The molecule has 0 aliphatic rings. The van der Waals surface area contributed by atoms with Gasteiger partial charge in [-0.05, 0) is 49.2 Å². The van der Waals surface area contributed by atoms with Crippen molar-refractivity contribution in [2.24, 2.45) is 0 Å².